The monoisotopic (exact) mass is 328 g/mol. The lowest BCUT2D eigenvalue weighted by molar-refractivity contribution is -0.143. The van der Waals surface area contributed by atoms with Crippen molar-refractivity contribution in [1.29, 1.82) is 0 Å². The molecule has 0 atom stereocenters. The van der Waals surface area contributed by atoms with Gasteiger partial charge in [-0.15, -0.1) is 0 Å². The molecule has 2 amide bonds. The first kappa shape index (κ1) is 16.0. The summed E-state index contributed by atoms with van der Waals surface area (Å²) in [4.78, 5) is 24.9. The first-order valence-electron chi connectivity index (χ1n) is 7.93. The number of aromatic nitrogens is 2. The third-order valence-electron chi connectivity index (χ3n) is 4.32. The van der Waals surface area contributed by atoms with Gasteiger partial charge < -0.3 is 10.0 Å². The van der Waals surface area contributed by atoms with Crippen LogP contribution in [0.15, 0.2) is 36.4 Å². The number of carboxylic acid groups (broad SMARTS) is 1. The summed E-state index contributed by atoms with van der Waals surface area (Å²) < 4.78 is 1.72. The zero-order chi connectivity index (χ0) is 17.1. The van der Waals surface area contributed by atoms with Crippen molar-refractivity contribution in [1.82, 2.24) is 14.7 Å². The highest BCUT2D eigenvalue weighted by molar-refractivity contribution is 5.89. The summed E-state index contributed by atoms with van der Waals surface area (Å²) in [7, 11) is 1.83. The average Bonchev–Trinajstić information content (AvgIpc) is 2.96. The van der Waals surface area contributed by atoms with Crippen molar-refractivity contribution in [2.75, 3.05) is 18.4 Å². The Kier molecular flexibility index (Phi) is 4.50. The molecule has 1 saturated heterocycles. The number of aryl methyl sites for hydroxylation is 1. The van der Waals surface area contributed by atoms with Gasteiger partial charge in [0, 0.05) is 26.2 Å². The molecular weight excluding hydrogens is 308 g/mol. The van der Waals surface area contributed by atoms with Crippen LogP contribution in [0.25, 0.3) is 11.3 Å². The maximum atomic E-state index is 12.3. The highest BCUT2D eigenvalue weighted by Crippen LogP contribution is 2.22. The van der Waals surface area contributed by atoms with Crippen molar-refractivity contribution >= 4 is 17.8 Å². The predicted molar refractivity (Wildman–Crippen MR) is 89.6 cm³/mol. The minimum absolute atomic E-state index is 0.239. The molecule has 126 valence electrons. The maximum Gasteiger partial charge on any atom is 0.323 e. The van der Waals surface area contributed by atoms with Crippen molar-refractivity contribution in [2.24, 2.45) is 13.0 Å². The van der Waals surface area contributed by atoms with E-state index in [0.717, 1.165) is 11.3 Å². The third-order valence-corrected chi connectivity index (χ3v) is 4.32. The number of anilines is 1. The fourth-order valence-electron chi connectivity index (χ4n) is 2.93. The molecule has 1 aliphatic heterocycles. The topological polar surface area (TPSA) is 87.5 Å². The Bertz CT molecular complexity index is 734. The van der Waals surface area contributed by atoms with Gasteiger partial charge in [0.2, 0.25) is 0 Å². The minimum atomic E-state index is -0.785. The Morgan fingerprint density at radius 2 is 1.88 bits per heavy atom. The average molecular weight is 328 g/mol. The van der Waals surface area contributed by atoms with E-state index >= 15 is 0 Å². The lowest BCUT2D eigenvalue weighted by Crippen LogP contribution is -2.42. The van der Waals surface area contributed by atoms with Crippen LogP contribution in [-0.4, -0.2) is 44.9 Å². The van der Waals surface area contributed by atoms with Crippen LogP contribution in [0.1, 0.15) is 12.8 Å². The molecule has 1 aromatic carbocycles. The standard InChI is InChI=1S/C17H20N4O3/c1-20-14(12-5-3-2-4-6-12)11-15(19-20)18-17(24)21-9-7-13(8-10-21)16(22)23/h2-6,11,13H,7-10H2,1H3,(H,22,23)(H,18,19,24). The van der Waals surface area contributed by atoms with Gasteiger partial charge in [-0.05, 0) is 18.4 Å². The number of benzene rings is 1. The molecule has 0 aliphatic carbocycles. The van der Waals surface area contributed by atoms with Gasteiger partial charge in [0.15, 0.2) is 5.82 Å². The number of hydrogen-bond donors (Lipinski definition) is 2. The number of carboxylic acids is 1. The molecule has 2 heterocycles. The van der Waals surface area contributed by atoms with E-state index in [1.807, 2.05) is 43.4 Å². The number of nitrogens with zero attached hydrogens (tertiary/aromatic N) is 3. The lowest BCUT2D eigenvalue weighted by Gasteiger charge is -2.29. The van der Waals surface area contributed by atoms with Crippen molar-refractivity contribution < 1.29 is 14.7 Å². The highest BCUT2D eigenvalue weighted by atomic mass is 16.4. The Labute approximate surface area is 139 Å². The molecular formula is C17H20N4O3. The van der Waals surface area contributed by atoms with Crippen molar-refractivity contribution in [3.63, 3.8) is 0 Å². The number of rotatable bonds is 3. The van der Waals surface area contributed by atoms with Crippen LogP contribution in [0.4, 0.5) is 10.6 Å². The fourth-order valence-corrected chi connectivity index (χ4v) is 2.93. The second-order valence-corrected chi connectivity index (χ2v) is 5.93. The van der Waals surface area contributed by atoms with E-state index in [4.69, 9.17) is 5.11 Å². The summed E-state index contributed by atoms with van der Waals surface area (Å²) in [6.45, 7) is 0.891. The number of piperidine rings is 1. The van der Waals surface area contributed by atoms with Gasteiger partial charge in [0.1, 0.15) is 0 Å². The van der Waals surface area contributed by atoms with Gasteiger partial charge in [0.25, 0.3) is 0 Å². The molecule has 2 aromatic rings. The van der Waals surface area contributed by atoms with Gasteiger partial charge >= 0.3 is 12.0 Å². The second-order valence-electron chi connectivity index (χ2n) is 5.93. The quantitative estimate of drug-likeness (QED) is 0.906. The van der Waals surface area contributed by atoms with Crippen molar-refractivity contribution in [3.8, 4) is 11.3 Å². The van der Waals surface area contributed by atoms with Crippen LogP contribution in [0.5, 0.6) is 0 Å². The predicted octanol–water partition coefficient (Wildman–Crippen LogP) is 2.42. The van der Waals surface area contributed by atoms with Crippen LogP contribution in [0.3, 0.4) is 0 Å². The van der Waals surface area contributed by atoms with E-state index in [1.165, 1.54) is 0 Å². The highest BCUT2D eigenvalue weighted by Gasteiger charge is 2.27. The summed E-state index contributed by atoms with van der Waals surface area (Å²) >= 11 is 0. The number of aliphatic carboxylic acids is 1. The second kappa shape index (κ2) is 6.74. The first-order chi connectivity index (χ1) is 11.5. The fraction of sp³-hybridized carbons (Fsp3) is 0.353. The Hall–Kier alpha value is -2.83. The first-order valence-corrected chi connectivity index (χ1v) is 7.93. The molecule has 0 radical (unpaired) electrons. The van der Waals surface area contributed by atoms with E-state index in [2.05, 4.69) is 10.4 Å². The molecule has 1 aromatic heterocycles. The summed E-state index contributed by atoms with van der Waals surface area (Å²) in [5, 5.41) is 16.1. The van der Waals surface area contributed by atoms with Crippen LogP contribution in [0, 0.1) is 5.92 Å². The summed E-state index contributed by atoms with van der Waals surface area (Å²) in [5.41, 5.74) is 1.94. The maximum absolute atomic E-state index is 12.3. The number of likely N-dealkylation sites (tertiary alicyclic amines) is 1. The zero-order valence-corrected chi connectivity index (χ0v) is 13.5. The van der Waals surface area contributed by atoms with Gasteiger partial charge in [-0.3, -0.25) is 14.8 Å². The van der Waals surface area contributed by atoms with Crippen LogP contribution in [0.2, 0.25) is 0 Å². The Balaban J connectivity index is 1.65. The molecule has 0 bridgehead atoms. The van der Waals surface area contributed by atoms with Crippen LogP contribution >= 0.6 is 0 Å². The zero-order valence-electron chi connectivity index (χ0n) is 13.5. The van der Waals surface area contributed by atoms with Gasteiger partial charge in [-0.1, -0.05) is 30.3 Å². The number of nitrogens with one attached hydrogen (secondary N) is 1. The van der Waals surface area contributed by atoms with Gasteiger partial charge in [-0.25, -0.2) is 4.79 Å². The molecule has 1 aliphatic rings. The molecule has 7 heteroatoms. The van der Waals surface area contributed by atoms with Gasteiger partial charge in [-0.2, -0.15) is 5.10 Å². The summed E-state index contributed by atoms with van der Waals surface area (Å²) in [6.07, 6.45) is 0.973. The third kappa shape index (κ3) is 3.40. The number of amides is 2. The van der Waals surface area contributed by atoms with E-state index < -0.39 is 5.97 Å². The SMILES string of the molecule is Cn1nc(NC(=O)N2CCC(C(=O)O)CC2)cc1-c1ccccc1. The molecule has 1 fully saturated rings. The number of hydrogen-bond acceptors (Lipinski definition) is 3. The van der Waals surface area contributed by atoms with Gasteiger partial charge in [0.05, 0.1) is 11.6 Å². The number of carbonyl (C=O) groups is 2. The van der Waals surface area contributed by atoms with E-state index in [-0.39, 0.29) is 11.9 Å². The van der Waals surface area contributed by atoms with Crippen LogP contribution in [-0.2, 0) is 11.8 Å². The van der Waals surface area contributed by atoms with Crippen LogP contribution < -0.4 is 5.32 Å². The normalized spacial score (nSPS) is 15.3. The van der Waals surface area contributed by atoms with E-state index in [9.17, 15) is 9.59 Å². The lowest BCUT2D eigenvalue weighted by atomic mass is 9.97. The molecule has 0 spiro atoms. The number of urea groups is 1. The molecule has 7 nitrogen and oxygen atoms in total. The Morgan fingerprint density at radius 3 is 2.50 bits per heavy atom. The molecule has 24 heavy (non-hydrogen) atoms. The van der Waals surface area contributed by atoms with Crippen molar-refractivity contribution in [3.05, 3.63) is 36.4 Å². The summed E-state index contributed by atoms with van der Waals surface area (Å²) in [6, 6.07) is 11.4. The minimum Gasteiger partial charge on any atom is -0.481 e. The molecule has 2 N–H and O–H groups in total. The summed E-state index contributed by atoms with van der Waals surface area (Å²) in [5.74, 6) is -0.650. The molecule has 3 rings (SSSR count). The van der Waals surface area contributed by atoms with E-state index in [0.29, 0.717) is 31.7 Å². The Morgan fingerprint density at radius 1 is 1.21 bits per heavy atom. The molecule has 0 saturated carbocycles. The van der Waals surface area contributed by atoms with E-state index in [1.54, 1.807) is 9.58 Å². The molecule has 0 unspecified atom stereocenters. The number of carbonyl (C=O) groups excluding carboxylic acids is 1. The van der Waals surface area contributed by atoms with Crippen molar-refractivity contribution in [2.45, 2.75) is 12.8 Å². The largest absolute Gasteiger partial charge is 0.481 e. The smallest absolute Gasteiger partial charge is 0.323 e.